The molecular weight excluding hydrogens is 364 g/mol. The molecule has 0 saturated carbocycles. The van der Waals surface area contributed by atoms with Gasteiger partial charge in [-0.15, -0.1) is 0 Å². The van der Waals surface area contributed by atoms with Crippen LogP contribution in [-0.2, 0) is 11.2 Å². The summed E-state index contributed by atoms with van der Waals surface area (Å²) in [5.74, 6) is 2.78. The number of anilines is 1. The topological polar surface area (TPSA) is 92.1 Å². The zero-order chi connectivity index (χ0) is 19.5. The van der Waals surface area contributed by atoms with Gasteiger partial charge in [-0.2, -0.15) is 0 Å². The average Bonchev–Trinajstić information content (AvgIpc) is 3.36. The van der Waals surface area contributed by atoms with Crippen molar-refractivity contribution in [2.24, 2.45) is 0 Å². The monoisotopic (exact) mass is 382 g/mol. The van der Waals surface area contributed by atoms with E-state index >= 15 is 0 Å². The van der Waals surface area contributed by atoms with Crippen molar-refractivity contribution < 1.29 is 28.3 Å². The van der Waals surface area contributed by atoms with Gasteiger partial charge < -0.3 is 28.8 Å². The lowest BCUT2D eigenvalue weighted by atomic mass is 10.1. The fourth-order valence-electron chi connectivity index (χ4n) is 2.85. The van der Waals surface area contributed by atoms with Gasteiger partial charge in [0.25, 0.3) is 0 Å². The number of fused-ring (bicyclic) bond motifs is 1. The van der Waals surface area contributed by atoms with E-state index in [0.717, 1.165) is 5.56 Å². The van der Waals surface area contributed by atoms with Crippen molar-refractivity contribution in [2.75, 3.05) is 26.3 Å². The zero-order valence-corrected chi connectivity index (χ0v) is 15.4. The Morgan fingerprint density at radius 3 is 2.75 bits per heavy atom. The number of rotatable bonds is 6. The Hall–Kier alpha value is -3.68. The van der Waals surface area contributed by atoms with Crippen molar-refractivity contribution in [3.63, 3.8) is 0 Å². The van der Waals surface area contributed by atoms with Gasteiger partial charge in [-0.3, -0.25) is 4.79 Å². The molecule has 1 amide bonds. The molecule has 3 aromatic rings. The van der Waals surface area contributed by atoms with Crippen LogP contribution >= 0.6 is 0 Å². The minimum absolute atomic E-state index is 0.0500. The number of carbonyl (C=O) groups is 1. The van der Waals surface area contributed by atoms with Crippen molar-refractivity contribution >= 4 is 11.6 Å². The highest BCUT2D eigenvalue weighted by atomic mass is 16.7. The number of amides is 1. The second-order valence-corrected chi connectivity index (χ2v) is 6.04. The van der Waals surface area contributed by atoms with Gasteiger partial charge in [0.05, 0.1) is 32.0 Å². The van der Waals surface area contributed by atoms with Gasteiger partial charge >= 0.3 is 0 Å². The predicted octanol–water partition coefficient (Wildman–Crippen LogP) is 3.27. The largest absolute Gasteiger partial charge is 0.497 e. The van der Waals surface area contributed by atoms with E-state index in [9.17, 15) is 4.79 Å². The third-order valence-corrected chi connectivity index (χ3v) is 4.24. The van der Waals surface area contributed by atoms with Gasteiger partial charge in [0.1, 0.15) is 11.5 Å². The van der Waals surface area contributed by atoms with Gasteiger partial charge in [0.2, 0.25) is 12.7 Å². The molecule has 0 unspecified atom stereocenters. The van der Waals surface area contributed by atoms with Crippen LogP contribution in [0.1, 0.15) is 5.69 Å². The van der Waals surface area contributed by atoms with Gasteiger partial charge in [-0.25, -0.2) is 0 Å². The number of nitrogens with zero attached hydrogens (tertiary/aromatic N) is 1. The molecule has 0 bridgehead atoms. The third kappa shape index (κ3) is 3.57. The Labute approximate surface area is 160 Å². The highest BCUT2D eigenvalue weighted by Crippen LogP contribution is 2.36. The number of hydrogen-bond acceptors (Lipinski definition) is 7. The van der Waals surface area contributed by atoms with Crippen LogP contribution in [0.15, 0.2) is 47.0 Å². The molecule has 0 spiro atoms. The predicted molar refractivity (Wildman–Crippen MR) is 99.9 cm³/mol. The van der Waals surface area contributed by atoms with E-state index in [1.807, 2.05) is 18.2 Å². The maximum absolute atomic E-state index is 12.4. The number of aromatic nitrogens is 1. The van der Waals surface area contributed by atoms with E-state index in [0.29, 0.717) is 40.1 Å². The second kappa shape index (κ2) is 7.51. The quantitative estimate of drug-likeness (QED) is 0.699. The van der Waals surface area contributed by atoms with Crippen molar-refractivity contribution in [3.05, 3.63) is 48.2 Å². The SMILES string of the molecule is COc1ccc(OC)c(NC(=O)Cc2cc(-c3ccc4c(c3)OCO4)on2)c1. The lowest BCUT2D eigenvalue weighted by Crippen LogP contribution is -2.15. The Balaban J connectivity index is 1.46. The standard InChI is InChI=1S/C20H18N2O6/c1-24-14-4-6-16(25-2)15(10-14)21-20(23)9-13-8-18(28-22-13)12-3-5-17-19(7-12)27-11-26-17/h3-8,10H,9,11H2,1-2H3,(H,21,23). The smallest absolute Gasteiger partial charge is 0.231 e. The molecule has 1 aliphatic heterocycles. The molecule has 4 rings (SSSR count). The molecule has 2 aromatic carbocycles. The number of ether oxygens (including phenoxy) is 4. The molecule has 144 valence electrons. The maximum Gasteiger partial charge on any atom is 0.231 e. The van der Waals surface area contributed by atoms with Gasteiger partial charge in [-0.05, 0) is 30.3 Å². The molecule has 0 aliphatic carbocycles. The van der Waals surface area contributed by atoms with E-state index in [1.165, 1.54) is 7.11 Å². The molecule has 0 radical (unpaired) electrons. The summed E-state index contributed by atoms with van der Waals surface area (Å²) in [5.41, 5.74) is 1.82. The summed E-state index contributed by atoms with van der Waals surface area (Å²) in [6.07, 6.45) is 0.0500. The summed E-state index contributed by atoms with van der Waals surface area (Å²) in [6, 6.07) is 12.4. The number of benzene rings is 2. The summed E-state index contributed by atoms with van der Waals surface area (Å²) in [5, 5.41) is 6.79. The van der Waals surface area contributed by atoms with E-state index in [4.69, 9.17) is 23.5 Å². The van der Waals surface area contributed by atoms with Crippen LogP contribution in [0.3, 0.4) is 0 Å². The lowest BCUT2D eigenvalue weighted by molar-refractivity contribution is -0.115. The number of hydrogen-bond donors (Lipinski definition) is 1. The minimum atomic E-state index is -0.253. The van der Waals surface area contributed by atoms with Gasteiger partial charge in [0, 0.05) is 17.7 Å². The normalized spacial score (nSPS) is 11.9. The van der Waals surface area contributed by atoms with Crippen LogP contribution < -0.4 is 24.3 Å². The molecule has 1 aliphatic rings. The summed E-state index contributed by atoms with van der Waals surface area (Å²) >= 11 is 0. The first-order chi connectivity index (χ1) is 13.7. The Bertz CT molecular complexity index is 1010. The van der Waals surface area contributed by atoms with Crippen molar-refractivity contribution in [3.8, 4) is 34.3 Å². The molecule has 8 heteroatoms. The number of carbonyl (C=O) groups excluding carboxylic acids is 1. The molecule has 0 atom stereocenters. The Morgan fingerprint density at radius 2 is 1.93 bits per heavy atom. The number of nitrogens with one attached hydrogen (secondary N) is 1. The maximum atomic E-state index is 12.4. The van der Waals surface area contributed by atoms with E-state index in [-0.39, 0.29) is 19.1 Å². The average molecular weight is 382 g/mol. The molecule has 0 fully saturated rings. The molecule has 8 nitrogen and oxygen atoms in total. The Kier molecular flexibility index (Phi) is 4.76. The van der Waals surface area contributed by atoms with Crippen molar-refractivity contribution in [1.82, 2.24) is 5.16 Å². The zero-order valence-electron chi connectivity index (χ0n) is 15.4. The molecule has 28 heavy (non-hydrogen) atoms. The minimum Gasteiger partial charge on any atom is -0.497 e. The van der Waals surface area contributed by atoms with E-state index in [1.54, 1.807) is 31.4 Å². The van der Waals surface area contributed by atoms with Crippen LogP contribution in [0.4, 0.5) is 5.69 Å². The van der Waals surface area contributed by atoms with Gasteiger partial charge in [-0.1, -0.05) is 5.16 Å². The molecule has 2 heterocycles. The number of methoxy groups -OCH3 is 2. The summed E-state index contributed by atoms with van der Waals surface area (Å²) in [6.45, 7) is 0.203. The first-order valence-electron chi connectivity index (χ1n) is 8.54. The summed E-state index contributed by atoms with van der Waals surface area (Å²) < 4.78 is 26.5. The second-order valence-electron chi connectivity index (χ2n) is 6.04. The van der Waals surface area contributed by atoms with E-state index in [2.05, 4.69) is 10.5 Å². The fourth-order valence-corrected chi connectivity index (χ4v) is 2.85. The first kappa shape index (κ1) is 17.7. The van der Waals surface area contributed by atoms with Gasteiger partial charge in [0.15, 0.2) is 17.3 Å². The third-order valence-electron chi connectivity index (χ3n) is 4.24. The molecule has 1 aromatic heterocycles. The highest BCUT2D eigenvalue weighted by molar-refractivity contribution is 5.93. The lowest BCUT2D eigenvalue weighted by Gasteiger charge is -2.11. The molecule has 0 saturated heterocycles. The highest BCUT2D eigenvalue weighted by Gasteiger charge is 2.17. The summed E-state index contributed by atoms with van der Waals surface area (Å²) in [7, 11) is 3.09. The van der Waals surface area contributed by atoms with Crippen molar-refractivity contribution in [2.45, 2.75) is 6.42 Å². The molecular formula is C20H18N2O6. The summed E-state index contributed by atoms with van der Waals surface area (Å²) in [4.78, 5) is 12.4. The first-order valence-corrected chi connectivity index (χ1v) is 8.54. The van der Waals surface area contributed by atoms with Crippen LogP contribution in [0.25, 0.3) is 11.3 Å². The fraction of sp³-hybridized carbons (Fsp3) is 0.200. The Morgan fingerprint density at radius 1 is 1.07 bits per heavy atom. The van der Waals surface area contributed by atoms with Crippen molar-refractivity contribution in [1.29, 1.82) is 0 Å². The molecule has 1 N–H and O–H groups in total. The van der Waals surface area contributed by atoms with Crippen LogP contribution in [-0.4, -0.2) is 32.1 Å². The van der Waals surface area contributed by atoms with Crippen LogP contribution in [0.5, 0.6) is 23.0 Å². The van der Waals surface area contributed by atoms with Crippen LogP contribution in [0, 0.1) is 0 Å². The van der Waals surface area contributed by atoms with Crippen LogP contribution in [0.2, 0.25) is 0 Å². The van der Waals surface area contributed by atoms with E-state index < -0.39 is 0 Å².